The van der Waals surface area contributed by atoms with Crippen LogP contribution < -0.4 is 0 Å². The minimum Gasteiger partial charge on any atom is -0.309 e. The summed E-state index contributed by atoms with van der Waals surface area (Å²) < 4.78 is 2.27. The summed E-state index contributed by atoms with van der Waals surface area (Å²) >= 11 is 0. The lowest BCUT2D eigenvalue weighted by atomic mass is 9.82. The van der Waals surface area contributed by atoms with E-state index in [2.05, 4.69) is 144 Å². The Morgan fingerprint density at radius 1 is 0.388 bits per heavy atom. The molecule has 0 spiro atoms. The summed E-state index contributed by atoms with van der Waals surface area (Å²) in [5.41, 5.74) is 10.1. The van der Waals surface area contributed by atoms with Gasteiger partial charge in [-0.2, -0.15) is 10.5 Å². The maximum Gasteiger partial charge on any atom is 0.0998 e. The quantitative estimate of drug-likeness (QED) is 0.184. The Hall–Kier alpha value is -6.94. The Kier molecular flexibility index (Phi) is 6.58. The molecule has 0 atom stereocenters. The van der Waals surface area contributed by atoms with Crippen LogP contribution in [-0.2, 0) is 0 Å². The number of nitriles is 2. The molecule has 0 bridgehead atoms. The average Bonchev–Trinajstić information content (AvgIpc) is 3.51. The topological polar surface area (TPSA) is 52.5 Å². The third-order valence-electron chi connectivity index (χ3n) is 9.66. The van der Waals surface area contributed by atoms with E-state index in [1.165, 1.54) is 5.56 Å². The average molecular weight is 622 g/mol. The Morgan fingerprint density at radius 3 is 1.49 bits per heavy atom. The number of fused-ring (bicyclic) bond motifs is 5. The molecule has 1 aromatic heterocycles. The first-order valence-electron chi connectivity index (χ1n) is 16.3. The number of nitrogens with zero attached hydrogens (tertiary/aromatic N) is 3. The van der Waals surface area contributed by atoms with Gasteiger partial charge < -0.3 is 4.57 Å². The van der Waals surface area contributed by atoms with Gasteiger partial charge in [-0.05, 0) is 80.2 Å². The van der Waals surface area contributed by atoms with Gasteiger partial charge in [-0.3, -0.25) is 0 Å². The van der Waals surface area contributed by atoms with Crippen molar-refractivity contribution in [3.8, 4) is 51.2 Å². The lowest BCUT2D eigenvalue weighted by Gasteiger charge is -2.22. The van der Waals surface area contributed by atoms with Crippen LogP contribution in [0.5, 0.6) is 0 Å². The molecule has 0 aliphatic heterocycles. The molecule has 0 amide bonds. The molecule has 226 valence electrons. The fourth-order valence-corrected chi connectivity index (χ4v) is 7.66. The summed E-state index contributed by atoms with van der Waals surface area (Å²) in [5.74, 6) is 0. The van der Waals surface area contributed by atoms with Gasteiger partial charge in [0.05, 0.1) is 40.0 Å². The molecule has 9 rings (SSSR count). The Bertz CT molecular complexity index is 2740. The van der Waals surface area contributed by atoms with Crippen molar-refractivity contribution in [3.63, 3.8) is 0 Å². The fourth-order valence-electron chi connectivity index (χ4n) is 7.66. The summed E-state index contributed by atoms with van der Waals surface area (Å²) in [6.45, 7) is 0. The Morgan fingerprint density at radius 2 is 0.918 bits per heavy atom. The van der Waals surface area contributed by atoms with Crippen LogP contribution in [0.15, 0.2) is 164 Å². The van der Waals surface area contributed by atoms with Crippen LogP contribution in [0, 0.1) is 22.7 Å². The second kappa shape index (κ2) is 11.4. The fraction of sp³-hybridized carbons (Fsp3) is 0. The van der Waals surface area contributed by atoms with Gasteiger partial charge in [0.2, 0.25) is 0 Å². The molecule has 49 heavy (non-hydrogen) atoms. The molecule has 0 saturated carbocycles. The summed E-state index contributed by atoms with van der Waals surface area (Å²) in [6, 6.07) is 61.2. The van der Waals surface area contributed by atoms with Crippen LogP contribution in [0.2, 0.25) is 0 Å². The summed E-state index contributed by atoms with van der Waals surface area (Å²) in [6.07, 6.45) is 0. The van der Waals surface area contributed by atoms with E-state index in [4.69, 9.17) is 0 Å². The van der Waals surface area contributed by atoms with Gasteiger partial charge in [0.1, 0.15) is 0 Å². The highest BCUT2D eigenvalue weighted by molar-refractivity contribution is 6.22. The first-order chi connectivity index (χ1) is 24.3. The van der Waals surface area contributed by atoms with Crippen molar-refractivity contribution in [1.29, 1.82) is 10.5 Å². The summed E-state index contributed by atoms with van der Waals surface area (Å²) in [7, 11) is 0. The summed E-state index contributed by atoms with van der Waals surface area (Å²) in [4.78, 5) is 0. The SMILES string of the molecule is N#Cc1ccc(-n2c3ccccc3c3ccccc32)c(-c2c(C#N)cccc2-c2c3ccccc3c(-c3ccccc3)c3ccccc23)c1. The first kappa shape index (κ1) is 28.3. The van der Waals surface area contributed by atoms with E-state index in [9.17, 15) is 10.5 Å². The van der Waals surface area contributed by atoms with E-state index >= 15 is 0 Å². The van der Waals surface area contributed by atoms with Crippen LogP contribution in [-0.4, -0.2) is 4.57 Å². The van der Waals surface area contributed by atoms with E-state index in [0.717, 1.165) is 76.9 Å². The monoisotopic (exact) mass is 621 g/mol. The van der Waals surface area contributed by atoms with Gasteiger partial charge in [-0.1, -0.05) is 127 Å². The number of aromatic nitrogens is 1. The molecule has 3 heteroatoms. The number of hydrogen-bond acceptors (Lipinski definition) is 2. The normalized spacial score (nSPS) is 11.2. The molecule has 0 unspecified atom stereocenters. The van der Waals surface area contributed by atoms with Crippen molar-refractivity contribution in [2.75, 3.05) is 0 Å². The molecule has 0 fully saturated rings. The molecule has 0 radical (unpaired) electrons. The largest absolute Gasteiger partial charge is 0.309 e. The zero-order valence-corrected chi connectivity index (χ0v) is 26.4. The predicted molar refractivity (Wildman–Crippen MR) is 202 cm³/mol. The molecular formula is C46H27N3. The predicted octanol–water partition coefficient (Wildman–Crippen LogP) is 11.8. The molecule has 3 nitrogen and oxygen atoms in total. The van der Waals surface area contributed by atoms with Crippen molar-refractivity contribution in [3.05, 3.63) is 175 Å². The van der Waals surface area contributed by atoms with E-state index < -0.39 is 0 Å². The molecule has 9 aromatic rings. The van der Waals surface area contributed by atoms with Crippen molar-refractivity contribution >= 4 is 43.4 Å². The van der Waals surface area contributed by atoms with Crippen LogP contribution in [0.3, 0.4) is 0 Å². The molecule has 0 saturated heterocycles. The van der Waals surface area contributed by atoms with Crippen LogP contribution in [0.25, 0.3) is 82.4 Å². The van der Waals surface area contributed by atoms with Gasteiger partial charge in [0, 0.05) is 21.9 Å². The molecule has 1 heterocycles. The Labute approximate surface area is 283 Å². The van der Waals surface area contributed by atoms with Crippen molar-refractivity contribution < 1.29 is 0 Å². The second-order valence-electron chi connectivity index (χ2n) is 12.3. The zero-order chi connectivity index (χ0) is 32.9. The molecule has 0 aliphatic carbocycles. The first-order valence-corrected chi connectivity index (χ1v) is 16.3. The van der Waals surface area contributed by atoms with Crippen LogP contribution >= 0.6 is 0 Å². The third-order valence-corrected chi connectivity index (χ3v) is 9.66. The van der Waals surface area contributed by atoms with Gasteiger partial charge >= 0.3 is 0 Å². The van der Waals surface area contributed by atoms with Crippen LogP contribution in [0.4, 0.5) is 0 Å². The number of benzene rings is 8. The van der Waals surface area contributed by atoms with Crippen LogP contribution in [0.1, 0.15) is 11.1 Å². The van der Waals surface area contributed by atoms with Crippen molar-refractivity contribution in [2.24, 2.45) is 0 Å². The minimum absolute atomic E-state index is 0.535. The van der Waals surface area contributed by atoms with Gasteiger partial charge in [-0.15, -0.1) is 0 Å². The molecule has 0 N–H and O–H groups in total. The van der Waals surface area contributed by atoms with E-state index in [1.54, 1.807) is 0 Å². The number of para-hydroxylation sites is 2. The Balaban J connectivity index is 1.44. The van der Waals surface area contributed by atoms with Gasteiger partial charge in [0.15, 0.2) is 0 Å². The zero-order valence-electron chi connectivity index (χ0n) is 26.4. The molecule has 8 aromatic carbocycles. The molecule has 0 aliphatic rings. The highest BCUT2D eigenvalue weighted by Gasteiger charge is 2.24. The number of hydrogen-bond donors (Lipinski definition) is 0. The van der Waals surface area contributed by atoms with E-state index in [0.29, 0.717) is 11.1 Å². The van der Waals surface area contributed by atoms with E-state index in [1.807, 2.05) is 36.4 Å². The maximum absolute atomic E-state index is 10.7. The minimum atomic E-state index is 0.535. The smallest absolute Gasteiger partial charge is 0.0998 e. The maximum atomic E-state index is 10.7. The highest BCUT2D eigenvalue weighted by Crippen LogP contribution is 2.48. The molecular weight excluding hydrogens is 595 g/mol. The second-order valence-corrected chi connectivity index (χ2v) is 12.3. The summed E-state index contributed by atoms with van der Waals surface area (Å²) in [5, 5.41) is 27.7. The standard InChI is InChI=1S/C46H27N3/c47-28-30-25-26-43(49-41-23-10-8-16-33(41)34-17-9-11-24-42(34)49)40(27-30)45-32(29-48)15-12-22-39(45)46-37-20-6-4-18-35(37)44(31-13-2-1-3-14-31)36-19-5-7-21-38(36)46/h1-27H. The highest BCUT2D eigenvalue weighted by atomic mass is 15.0. The van der Waals surface area contributed by atoms with Gasteiger partial charge in [0.25, 0.3) is 0 Å². The van der Waals surface area contributed by atoms with Crippen molar-refractivity contribution in [1.82, 2.24) is 4.57 Å². The van der Waals surface area contributed by atoms with E-state index in [-0.39, 0.29) is 0 Å². The number of rotatable bonds is 4. The lowest BCUT2D eigenvalue weighted by molar-refractivity contribution is 1.18. The third kappa shape index (κ3) is 4.35. The van der Waals surface area contributed by atoms with Crippen molar-refractivity contribution in [2.45, 2.75) is 0 Å². The lowest BCUT2D eigenvalue weighted by Crippen LogP contribution is -2.01. The van der Waals surface area contributed by atoms with Gasteiger partial charge in [-0.25, -0.2) is 0 Å².